The third-order valence-electron chi connectivity index (χ3n) is 4.02. The first-order valence-corrected chi connectivity index (χ1v) is 6.38. The third kappa shape index (κ3) is 3.04. The molecule has 0 amide bonds. The maximum Gasteiger partial charge on any atom is 0.140 e. The molecular formula is C13H25NO. The molecule has 1 aliphatic carbocycles. The van der Waals surface area contributed by atoms with Crippen molar-refractivity contribution in [2.45, 2.75) is 58.8 Å². The lowest BCUT2D eigenvalue weighted by Crippen LogP contribution is -2.41. The van der Waals surface area contributed by atoms with E-state index in [-0.39, 0.29) is 5.41 Å². The molecule has 1 saturated carbocycles. The smallest absolute Gasteiger partial charge is 0.140 e. The molecule has 0 aromatic heterocycles. The summed E-state index contributed by atoms with van der Waals surface area (Å²) in [6.45, 7) is 4.86. The van der Waals surface area contributed by atoms with Gasteiger partial charge >= 0.3 is 0 Å². The molecule has 1 unspecified atom stereocenters. The van der Waals surface area contributed by atoms with Crippen molar-refractivity contribution in [3.05, 3.63) is 0 Å². The Morgan fingerprint density at radius 2 is 1.93 bits per heavy atom. The first kappa shape index (κ1) is 12.7. The van der Waals surface area contributed by atoms with Crippen LogP contribution in [0.15, 0.2) is 0 Å². The van der Waals surface area contributed by atoms with E-state index < -0.39 is 0 Å². The lowest BCUT2D eigenvalue weighted by molar-refractivity contribution is -0.131. The van der Waals surface area contributed by atoms with Crippen LogP contribution in [-0.2, 0) is 4.79 Å². The second kappa shape index (κ2) is 5.64. The maximum atomic E-state index is 12.2. The summed E-state index contributed by atoms with van der Waals surface area (Å²) in [6, 6.07) is 0. The van der Waals surface area contributed by atoms with E-state index in [1.54, 1.807) is 0 Å². The summed E-state index contributed by atoms with van der Waals surface area (Å²) in [7, 11) is 0. The van der Waals surface area contributed by atoms with Crippen molar-refractivity contribution < 1.29 is 4.79 Å². The van der Waals surface area contributed by atoms with Crippen molar-refractivity contribution in [2.24, 2.45) is 17.1 Å². The Balaban J connectivity index is 2.59. The van der Waals surface area contributed by atoms with E-state index in [9.17, 15) is 4.79 Å². The Morgan fingerprint density at radius 1 is 1.33 bits per heavy atom. The van der Waals surface area contributed by atoms with Gasteiger partial charge in [0.2, 0.25) is 0 Å². The highest BCUT2D eigenvalue weighted by Gasteiger charge is 2.37. The van der Waals surface area contributed by atoms with E-state index in [2.05, 4.69) is 13.8 Å². The molecule has 0 radical (unpaired) electrons. The van der Waals surface area contributed by atoms with E-state index in [1.807, 2.05) is 0 Å². The topological polar surface area (TPSA) is 43.1 Å². The van der Waals surface area contributed by atoms with Crippen LogP contribution in [-0.4, -0.2) is 12.3 Å². The molecule has 0 bridgehead atoms. The van der Waals surface area contributed by atoms with Crippen LogP contribution in [0.1, 0.15) is 58.8 Å². The Hall–Kier alpha value is -0.370. The Morgan fingerprint density at radius 3 is 2.40 bits per heavy atom. The van der Waals surface area contributed by atoms with Gasteiger partial charge in [-0.05, 0) is 18.8 Å². The molecule has 0 aliphatic heterocycles. The van der Waals surface area contributed by atoms with E-state index in [0.717, 1.165) is 25.7 Å². The number of nitrogens with two attached hydrogens (primary N) is 1. The number of hydrogen-bond donors (Lipinski definition) is 1. The highest BCUT2D eigenvalue weighted by molar-refractivity contribution is 5.85. The van der Waals surface area contributed by atoms with Gasteiger partial charge in [-0.25, -0.2) is 0 Å². The molecule has 1 rings (SSSR count). The summed E-state index contributed by atoms with van der Waals surface area (Å²) in [5.74, 6) is 0.946. The van der Waals surface area contributed by atoms with Crippen LogP contribution in [0, 0.1) is 11.3 Å². The van der Waals surface area contributed by atoms with Crippen LogP contribution in [0.2, 0.25) is 0 Å². The summed E-state index contributed by atoms with van der Waals surface area (Å²) in [4.78, 5) is 12.2. The van der Waals surface area contributed by atoms with Gasteiger partial charge in [-0.2, -0.15) is 0 Å². The maximum absolute atomic E-state index is 12.2. The van der Waals surface area contributed by atoms with Crippen LogP contribution < -0.4 is 5.73 Å². The van der Waals surface area contributed by atoms with Crippen molar-refractivity contribution in [3.8, 4) is 0 Å². The van der Waals surface area contributed by atoms with E-state index in [0.29, 0.717) is 18.2 Å². The minimum absolute atomic E-state index is 0.151. The number of rotatable bonds is 5. The highest BCUT2D eigenvalue weighted by Crippen LogP contribution is 2.37. The number of Topliss-reactive ketones (excluding diaryl/α,β-unsaturated/α-hetero) is 1. The van der Waals surface area contributed by atoms with Gasteiger partial charge in [-0.15, -0.1) is 0 Å². The standard InChI is InChI=1S/C13H25NO/c1-3-11(2)9-12(15)13(10-14)7-5-4-6-8-13/h11H,3-10,14H2,1-2H3. The summed E-state index contributed by atoms with van der Waals surface area (Å²) in [5, 5.41) is 0. The number of carbonyl (C=O) groups is 1. The average Bonchev–Trinajstić information content (AvgIpc) is 2.29. The molecule has 0 aromatic rings. The molecule has 1 fully saturated rings. The first-order valence-electron chi connectivity index (χ1n) is 6.38. The normalized spacial score (nSPS) is 22.3. The predicted molar refractivity (Wildman–Crippen MR) is 63.7 cm³/mol. The molecular weight excluding hydrogens is 186 g/mol. The molecule has 15 heavy (non-hydrogen) atoms. The van der Waals surface area contributed by atoms with Crippen LogP contribution >= 0.6 is 0 Å². The van der Waals surface area contributed by atoms with Gasteiger partial charge in [0.1, 0.15) is 5.78 Å². The fourth-order valence-corrected chi connectivity index (χ4v) is 2.50. The van der Waals surface area contributed by atoms with E-state index in [1.165, 1.54) is 19.3 Å². The SMILES string of the molecule is CCC(C)CC(=O)C1(CN)CCCCC1. The van der Waals surface area contributed by atoms with Gasteiger partial charge in [0.15, 0.2) is 0 Å². The van der Waals surface area contributed by atoms with Crippen LogP contribution in [0.25, 0.3) is 0 Å². The summed E-state index contributed by atoms with van der Waals surface area (Å²) < 4.78 is 0. The molecule has 2 N–H and O–H groups in total. The van der Waals surface area contributed by atoms with Crippen LogP contribution in [0.4, 0.5) is 0 Å². The molecule has 1 aliphatic rings. The summed E-state index contributed by atoms with van der Waals surface area (Å²) in [5.41, 5.74) is 5.68. The molecule has 0 saturated heterocycles. The molecule has 0 heterocycles. The van der Waals surface area contributed by atoms with Crippen molar-refractivity contribution in [1.82, 2.24) is 0 Å². The first-order chi connectivity index (χ1) is 7.14. The Kier molecular flexibility index (Phi) is 4.78. The van der Waals surface area contributed by atoms with Crippen molar-refractivity contribution in [1.29, 1.82) is 0 Å². The number of carbonyl (C=O) groups excluding carboxylic acids is 1. The zero-order chi connectivity index (χ0) is 11.3. The zero-order valence-electron chi connectivity index (χ0n) is 10.2. The molecule has 0 aromatic carbocycles. The lowest BCUT2D eigenvalue weighted by atomic mass is 9.69. The Labute approximate surface area is 93.6 Å². The second-order valence-corrected chi connectivity index (χ2v) is 5.19. The predicted octanol–water partition coefficient (Wildman–Crippen LogP) is 2.90. The average molecular weight is 211 g/mol. The van der Waals surface area contributed by atoms with E-state index >= 15 is 0 Å². The minimum atomic E-state index is -0.151. The fourth-order valence-electron chi connectivity index (χ4n) is 2.50. The molecule has 2 nitrogen and oxygen atoms in total. The molecule has 88 valence electrons. The third-order valence-corrected chi connectivity index (χ3v) is 4.02. The summed E-state index contributed by atoms with van der Waals surface area (Å²) in [6.07, 6.45) is 7.52. The largest absolute Gasteiger partial charge is 0.329 e. The van der Waals surface area contributed by atoms with Gasteiger partial charge < -0.3 is 5.73 Å². The van der Waals surface area contributed by atoms with Gasteiger partial charge in [0, 0.05) is 18.4 Å². The monoisotopic (exact) mass is 211 g/mol. The van der Waals surface area contributed by atoms with Crippen molar-refractivity contribution in [3.63, 3.8) is 0 Å². The second-order valence-electron chi connectivity index (χ2n) is 5.19. The number of ketones is 1. The van der Waals surface area contributed by atoms with Crippen LogP contribution in [0.5, 0.6) is 0 Å². The van der Waals surface area contributed by atoms with Crippen LogP contribution in [0.3, 0.4) is 0 Å². The van der Waals surface area contributed by atoms with Gasteiger partial charge in [0.05, 0.1) is 0 Å². The molecule has 0 spiro atoms. The zero-order valence-corrected chi connectivity index (χ0v) is 10.2. The number of hydrogen-bond acceptors (Lipinski definition) is 2. The fraction of sp³-hybridized carbons (Fsp3) is 0.923. The molecule has 2 heteroatoms. The van der Waals surface area contributed by atoms with Gasteiger partial charge in [-0.1, -0.05) is 39.5 Å². The quantitative estimate of drug-likeness (QED) is 0.760. The van der Waals surface area contributed by atoms with E-state index in [4.69, 9.17) is 5.73 Å². The van der Waals surface area contributed by atoms with Crippen molar-refractivity contribution >= 4 is 5.78 Å². The molecule has 1 atom stereocenters. The minimum Gasteiger partial charge on any atom is -0.329 e. The lowest BCUT2D eigenvalue weighted by Gasteiger charge is -2.35. The van der Waals surface area contributed by atoms with Gasteiger partial charge in [-0.3, -0.25) is 4.79 Å². The Bertz CT molecular complexity index is 207. The highest BCUT2D eigenvalue weighted by atomic mass is 16.1. The van der Waals surface area contributed by atoms with Gasteiger partial charge in [0.25, 0.3) is 0 Å². The summed E-state index contributed by atoms with van der Waals surface area (Å²) >= 11 is 0. The van der Waals surface area contributed by atoms with Crippen molar-refractivity contribution in [2.75, 3.05) is 6.54 Å².